The van der Waals surface area contributed by atoms with Crippen LogP contribution in [0.5, 0.6) is 0 Å². The number of aromatic nitrogens is 2. The zero-order valence-electron chi connectivity index (χ0n) is 6.66. The van der Waals surface area contributed by atoms with Gasteiger partial charge in [0.25, 0.3) is 0 Å². The van der Waals surface area contributed by atoms with Gasteiger partial charge < -0.3 is 5.73 Å². The molecule has 1 heterocycles. The van der Waals surface area contributed by atoms with E-state index in [0.717, 1.165) is 5.56 Å². The van der Waals surface area contributed by atoms with Gasteiger partial charge in [-0.2, -0.15) is 4.98 Å². The van der Waals surface area contributed by atoms with Crippen molar-refractivity contribution < 1.29 is 0 Å². The lowest BCUT2D eigenvalue weighted by Gasteiger charge is -2.02. The molecular weight excluding hydrogens is 142 g/mol. The number of aryl methyl sites for hydroxylation is 2. The number of hydrogen-bond donors (Lipinski definition) is 1. The molecule has 60 valence electrons. The molecule has 0 radical (unpaired) electrons. The molecule has 0 amide bonds. The van der Waals surface area contributed by atoms with Gasteiger partial charge in [0.15, 0.2) is 0 Å². The van der Waals surface area contributed by atoms with Gasteiger partial charge >= 0.3 is 5.69 Å². The largest absolute Gasteiger partial charge is 0.383 e. The van der Waals surface area contributed by atoms with Crippen LogP contribution >= 0.6 is 0 Å². The Hall–Kier alpha value is -1.32. The lowest BCUT2D eigenvalue weighted by Crippen LogP contribution is -2.23. The summed E-state index contributed by atoms with van der Waals surface area (Å²) in [5.41, 5.74) is 5.98. The minimum absolute atomic E-state index is 0.282. The van der Waals surface area contributed by atoms with Crippen LogP contribution in [-0.4, -0.2) is 9.55 Å². The molecule has 0 aromatic carbocycles. The molecule has 0 saturated heterocycles. The molecule has 0 fully saturated rings. The number of rotatable bonds is 1. The SMILES string of the molecule is CCn1cc(C)c(N)nc1=O. The molecule has 0 atom stereocenters. The fraction of sp³-hybridized carbons (Fsp3) is 0.429. The number of nitrogens with zero attached hydrogens (tertiary/aromatic N) is 2. The van der Waals surface area contributed by atoms with Gasteiger partial charge in [-0.25, -0.2) is 4.79 Å². The summed E-state index contributed by atoms with van der Waals surface area (Å²) in [5.74, 6) is 0.319. The van der Waals surface area contributed by atoms with Crippen LogP contribution in [-0.2, 0) is 6.54 Å². The Morgan fingerprint density at radius 1 is 1.73 bits per heavy atom. The van der Waals surface area contributed by atoms with Crippen LogP contribution in [0.3, 0.4) is 0 Å². The Labute approximate surface area is 64.7 Å². The van der Waals surface area contributed by atoms with Gasteiger partial charge in [-0.15, -0.1) is 0 Å². The summed E-state index contributed by atoms with van der Waals surface area (Å²) in [5, 5.41) is 0. The van der Waals surface area contributed by atoms with E-state index in [4.69, 9.17) is 5.73 Å². The van der Waals surface area contributed by atoms with Crippen molar-refractivity contribution in [1.29, 1.82) is 0 Å². The van der Waals surface area contributed by atoms with E-state index >= 15 is 0 Å². The lowest BCUT2D eigenvalue weighted by molar-refractivity contribution is 0.696. The van der Waals surface area contributed by atoms with Crippen LogP contribution < -0.4 is 11.4 Å². The molecule has 1 rings (SSSR count). The molecule has 1 aromatic heterocycles. The summed E-state index contributed by atoms with van der Waals surface area (Å²) < 4.78 is 1.52. The van der Waals surface area contributed by atoms with Crippen LogP contribution in [0.15, 0.2) is 11.0 Å². The summed E-state index contributed by atoms with van der Waals surface area (Å²) in [6.07, 6.45) is 1.71. The lowest BCUT2D eigenvalue weighted by atomic mass is 10.3. The Bertz CT molecular complexity index is 316. The van der Waals surface area contributed by atoms with Gasteiger partial charge in [-0.3, -0.25) is 4.57 Å². The highest BCUT2D eigenvalue weighted by Crippen LogP contribution is 2.00. The Balaban J connectivity index is 3.32. The molecule has 0 aliphatic carbocycles. The van der Waals surface area contributed by atoms with E-state index in [-0.39, 0.29) is 5.69 Å². The topological polar surface area (TPSA) is 60.9 Å². The van der Waals surface area contributed by atoms with Crippen molar-refractivity contribution in [3.63, 3.8) is 0 Å². The van der Waals surface area contributed by atoms with Gasteiger partial charge in [-0.1, -0.05) is 0 Å². The quantitative estimate of drug-likeness (QED) is 0.624. The van der Waals surface area contributed by atoms with Gasteiger partial charge in [0.05, 0.1) is 0 Å². The second-order valence-electron chi connectivity index (χ2n) is 2.38. The molecule has 4 nitrogen and oxygen atoms in total. The molecule has 0 aliphatic heterocycles. The van der Waals surface area contributed by atoms with E-state index in [1.54, 1.807) is 6.20 Å². The molecule has 0 bridgehead atoms. The number of anilines is 1. The van der Waals surface area contributed by atoms with E-state index in [2.05, 4.69) is 4.98 Å². The van der Waals surface area contributed by atoms with Crippen molar-refractivity contribution in [3.05, 3.63) is 22.2 Å². The molecular formula is C7H11N3O. The van der Waals surface area contributed by atoms with Gasteiger partial charge in [0.1, 0.15) is 5.82 Å². The average Bonchev–Trinajstić information content (AvgIpc) is 1.97. The van der Waals surface area contributed by atoms with Crippen molar-refractivity contribution in [2.24, 2.45) is 0 Å². The van der Waals surface area contributed by atoms with Crippen LogP contribution in [0.2, 0.25) is 0 Å². The van der Waals surface area contributed by atoms with Crippen LogP contribution in [0, 0.1) is 6.92 Å². The predicted octanol–water partition coefficient (Wildman–Crippen LogP) is 0.154. The first kappa shape index (κ1) is 7.78. The maximum absolute atomic E-state index is 11.0. The summed E-state index contributed by atoms with van der Waals surface area (Å²) >= 11 is 0. The maximum Gasteiger partial charge on any atom is 0.349 e. The number of hydrogen-bond acceptors (Lipinski definition) is 3. The smallest absolute Gasteiger partial charge is 0.349 e. The normalized spacial score (nSPS) is 10.0. The first-order valence-corrected chi connectivity index (χ1v) is 3.48. The van der Waals surface area contributed by atoms with Crippen molar-refractivity contribution in [2.75, 3.05) is 5.73 Å². The summed E-state index contributed by atoms with van der Waals surface area (Å²) in [4.78, 5) is 14.6. The summed E-state index contributed by atoms with van der Waals surface area (Å²) in [7, 11) is 0. The monoisotopic (exact) mass is 153 g/mol. The van der Waals surface area contributed by atoms with Crippen molar-refractivity contribution in [1.82, 2.24) is 9.55 Å². The Kier molecular flexibility index (Phi) is 1.94. The fourth-order valence-corrected chi connectivity index (χ4v) is 0.837. The zero-order chi connectivity index (χ0) is 8.43. The predicted molar refractivity (Wildman–Crippen MR) is 43.3 cm³/mol. The second-order valence-corrected chi connectivity index (χ2v) is 2.38. The van der Waals surface area contributed by atoms with E-state index in [1.807, 2.05) is 13.8 Å². The third-order valence-corrected chi connectivity index (χ3v) is 1.56. The minimum Gasteiger partial charge on any atom is -0.383 e. The van der Waals surface area contributed by atoms with Crippen LogP contribution in [0.25, 0.3) is 0 Å². The second kappa shape index (κ2) is 2.74. The third kappa shape index (κ3) is 1.39. The summed E-state index contributed by atoms with van der Waals surface area (Å²) in [6.45, 7) is 4.35. The highest BCUT2D eigenvalue weighted by molar-refractivity contribution is 5.34. The maximum atomic E-state index is 11.0. The van der Waals surface area contributed by atoms with E-state index in [1.165, 1.54) is 4.57 Å². The van der Waals surface area contributed by atoms with Gasteiger partial charge in [0.2, 0.25) is 0 Å². The van der Waals surface area contributed by atoms with Crippen LogP contribution in [0.4, 0.5) is 5.82 Å². The molecule has 2 N–H and O–H groups in total. The number of nitrogen functional groups attached to an aromatic ring is 1. The average molecular weight is 153 g/mol. The Morgan fingerprint density at radius 2 is 2.36 bits per heavy atom. The van der Waals surface area contributed by atoms with Gasteiger partial charge in [-0.05, 0) is 13.8 Å². The van der Waals surface area contributed by atoms with Crippen LogP contribution in [0.1, 0.15) is 12.5 Å². The third-order valence-electron chi connectivity index (χ3n) is 1.56. The fourth-order valence-electron chi connectivity index (χ4n) is 0.837. The number of nitrogens with two attached hydrogens (primary N) is 1. The van der Waals surface area contributed by atoms with Crippen molar-refractivity contribution in [2.45, 2.75) is 20.4 Å². The highest BCUT2D eigenvalue weighted by atomic mass is 16.1. The first-order valence-electron chi connectivity index (χ1n) is 3.48. The minimum atomic E-state index is -0.282. The molecule has 0 spiro atoms. The van der Waals surface area contributed by atoms with Gasteiger partial charge in [0, 0.05) is 18.3 Å². The molecule has 1 aromatic rings. The molecule has 0 aliphatic rings. The van der Waals surface area contributed by atoms with Crippen molar-refractivity contribution >= 4 is 5.82 Å². The standard InChI is InChI=1S/C7H11N3O/c1-3-10-4-5(2)6(8)9-7(10)11/h4H,3H2,1-2H3,(H2,8,9,11). The van der Waals surface area contributed by atoms with Crippen molar-refractivity contribution in [3.8, 4) is 0 Å². The molecule has 4 heteroatoms. The van der Waals surface area contributed by atoms with E-state index < -0.39 is 0 Å². The Morgan fingerprint density at radius 3 is 2.91 bits per heavy atom. The molecule has 0 unspecified atom stereocenters. The molecule has 11 heavy (non-hydrogen) atoms. The first-order chi connectivity index (χ1) is 5.15. The summed E-state index contributed by atoms with van der Waals surface area (Å²) in [6, 6.07) is 0. The zero-order valence-corrected chi connectivity index (χ0v) is 6.66. The van der Waals surface area contributed by atoms with E-state index in [9.17, 15) is 4.79 Å². The highest BCUT2D eigenvalue weighted by Gasteiger charge is 1.98. The molecule has 0 saturated carbocycles. The van der Waals surface area contributed by atoms with E-state index in [0.29, 0.717) is 12.4 Å².